The molecule has 0 bridgehead atoms. The number of ether oxygens (including phenoxy) is 1. The summed E-state index contributed by atoms with van der Waals surface area (Å²) < 4.78 is 5.62. The van der Waals surface area contributed by atoms with Crippen molar-refractivity contribution in [2.24, 2.45) is 0 Å². The van der Waals surface area contributed by atoms with Crippen molar-refractivity contribution in [3.8, 4) is 0 Å². The molecule has 0 aromatic heterocycles. The third-order valence-electron chi connectivity index (χ3n) is 3.04. The predicted molar refractivity (Wildman–Crippen MR) is 63.6 cm³/mol. The van der Waals surface area contributed by atoms with Crippen LogP contribution in [-0.2, 0) is 4.74 Å². The average Bonchev–Trinajstić information content (AvgIpc) is 2.39. The van der Waals surface area contributed by atoms with E-state index < -0.39 is 4.92 Å². The Bertz CT molecular complexity index is 391. The molecule has 1 heterocycles. The summed E-state index contributed by atoms with van der Waals surface area (Å²) in [5, 5.41) is 13.9. The Hall–Kier alpha value is -1.46. The highest BCUT2D eigenvalue weighted by Crippen LogP contribution is 2.23. The summed E-state index contributed by atoms with van der Waals surface area (Å²) in [5.41, 5.74) is 1.05. The van der Waals surface area contributed by atoms with Crippen LogP contribution < -0.4 is 5.32 Å². The summed E-state index contributed by atoms with van der Waals surface area (Å²) in [6.07, 6.45) is 1.93. The zero-order chi connectivity index (χ0) is 12.3. The first-order chi connectivity index (χ1) is 8.20. The number of nitrogens with zero attached hydrogens (tertiary/aromatic N) is 1. The Morgan fingerprint density at radius 3 is 2.76 bits per heavy atom. The molecule has 2 rings (SSSR count). The van der Waals surface area contributed by atoms with Crippen LogP contribution in [0.3, 0.4) is 0 Å². The molecular weight excluding hydrogens is 220 g/mol. The number of nitro groups is 1. The van der Waals surface area contributed by atoms with Gasteiger partial charge in [-0.1, -0.05) is 6.92 Å². The molecule has 0 radical (unpaired) electrons. The number of hydrogen-bond acceptors (Lipinski definition) is 4. The standard InChI is InChI=1S/C12H16N2O3/c1-2-10-7-8-17-12(13-10)9-3-5-11(6-4-9)14(15)16/h3-6,10,12-13H,2,7-8H2,1H3/t10-,12-/m0/s1. The monoisotopic (exact) mass is 236 g/mol. The van der Waals surface area contributed by atoms with Crippen molar-refractivity contribution in [3.05, 3.63) is 39.9 Å². The summed E-state index contributed by atoms with van der Waals surface area (Å²) in [4.78, 5) is 10.2. The van der Waals surface area contributed by atoms with Crippen molar-refractivity contribution in [3.63, 3.8) is 0 Å². The molecule has 1 N–H and O–H groups in total. The van der Waals surface area contributed by atoms with Crippen molar-refractivity contribution in [2.75, 3.05) is 6.61 Å². The molecular formula is C12H16N2O3. The maximum atomic E-state index is 10.5. The third-order valence-corrected chi connectivity index (χ3v) is 3.04. The lowest BCUT2D eigenvalue weighted by Gasteiger charge is -2.30. The van der Waals surface area contributed by atoms with Crippen LogP contribution in [0.2, 0.25) is 0 Å². The van der Waals surface area contributed by atoms with E-state index in [1.54, 1.807) is 12.1 Å². The maximum absolute atomic E-state index is 10.5. The third kappa shape index (κ3) is 2.81. The van der Waals surface area contributed by atoms with Crippen LogP contribution in [0.15, 0.2) is 24.3 Å². The van der Waals surface area contributed by atoms with Crippen LogP contribution in [0.25, 0.3) is 0 Å². The van der Waals surface area contributed by atoms with E-state index in [9.17, 15) is 10.1 Å². The Morgan fingerprint density at radius 1 is 1.47 bits per heavy atom. The molecule has 1 aromatic rings. The van der Waals surface area contributed by atoms with Crippen LogP contribution in [0, 0.1) is 10.1 Å². The van der Waals surface area contributed by atoms with Gasteiger partial charge in [-0.25, -0.2) is 0 Å². The average molecular weight is 236 g/mol. The molecule has 0 amide bonds. The van der Waals surface area contributed by atoms with E-state index in [0.29, 0.717) is 6.04 Å². The van der Waals surface area contributed by atoms with Crippen molar-refractivity contribution in [2.45, 2.75) is 32.0 Å². The largest absolute Gasteiger partial charge is 0.359 e. The molecule has 5 heteroatoms. The van der Waals surface area contributed by atoms with Gasteiger partial charge in [0.2, 0.25) is 0 Å². The number of non-ortho nitro benzene ring substituents is 1. The molecule has 17 heavy (non-hydrogen) atoms. The Balaban J connectivity index is 2.08. The van der Waals surface area contributed by atoms with Gasteiger partial charge in [0, 0.05) is 18.2 Å². The first-order valence-corrected chi connectivity index (χ1v) is 5.82. The van der Waals surface area contributed by atoms with E-state index in [1.165, 1.54) is 12.1 Å². The van der Waals surface area contributed by atoms with Crippen LogP contribution in [0.5, 0.6) is 0 Å². The Labute approximate surface area is 99.9 Å². The molecule has 5 nitrogen and oxygen atoms in total. The molecule has 0 spiro atoms. The number of benzene rings is 1. The molecule has 2 atom stereocenters. The lowest BCUT2D eigenvalue weighted by molar-refractivity contribution is -0.384. The number of nitrogens with one attached hydrogen (secondary N) is 1. The summed E-state index contributed by atoms with van der Waals surface area (Å²) in [5.74, 6) is 0. The minimum absolute atomic E-state index is 0.108. The summed E-state index contributed by atoms with van der Waals surface area (Å²) in [6.45, 7) is 2.86. The zero-order valence-corrected chi connectivity index (χ0v) is 9.76. The fourth-order valence-electron chi connectivity index (χ4n) is 1.96. The van der Waals surface area contributed by atoms with Gasteiger partial charge in [-0.05, 0) is 30.5 Å². The highest BCUT2D eigenvalue weighted by Gasteiger charge is 2.21. The first-order valence-electron chi connectivity index (χ1n) is 5.82. The van der Waals surface area contributed by atoms with Crippen LogP contribution in [0.4, 0.5) is 5.69 Å². The van der Waals surface area contributed by atoms with Gasteiger partial charge in [0.15, 0.2) is 0 Å². The van der Waals surface area contributed by atoms with Crippen molar-refractivity contribution >= 4 is 5.69 Å². The summed E-state index contributed by atoms with van der Waals surface area (Å²) in [7, 11) is 0. The second kappa shape index (κ2) is 5.25. The molecule has 0 unspecified atom stereocenters. The zero-order valence-electron chi connectivity index (χ0n) is 9.76. The lowest BCUT2D eigenvalue weighted by Crippen LogP contribution is -2.39. The van der Waals surface area contributed by atoms with Crippen molar-refractivity contribution in [1.29, 1.82) is 0 Å². The SMILES string of the molecule is CC[C@H]1CCO[C@@H](c2ccc([N+](=O)[O-])cc2)N1. The van der Waals surface area contributed by atoms with Crippen LogP contribution >= 0.6 is 0 Å². The molecule has 1 fully saturated rings. The van der Waals surface area contributed by atoms with E-state index in [2.05, 4.69) is 12.2 Å². The first kappa shape index (κ1) is 12.0. The van der Waals surface area contributed by atoms with Gasteiger partial charge in [-0.3, -0.25) is 15.4 Å². The Kier molecular flexibility index (Phi) is 3.71. The fourth-order valence-corrected chi connectivity index (χ4v) is 1.96. The van der Waals surface area contributed by atoms with Gasteiger partial charge in [-0.15, -0.1) is 0 Å². The molecule has 1 aliphatic heterocycles. The topological polar surface area (TPSA) is 64.4 Å². The van der Waals surface area contributed by atoms with Gasteiger partial charge in [0.05, 0.1) is 11.5 Å². The normalized spacial score (nSPS) is 24.5. The maximum Gasteiger partial charge on any atom is 0.269 e. The van der Waals surface area contributed by atoms with E-state index in [0.717, 1.165) is 25.0 Å². The Morgan fingerprint density at radius 2 is 2.18 bits per heavy atom. The van der Waals surface area contributed by atoms with Crippen molar-refractivity contribution in [1.82, 2.24) is 5.32 Å². The van der Waals surface area contributed by atoms with E-state index in [4.69, 9.17) is 4.74 Å². The van der Waals surface area contributed by atoms with Gasteiger partial charge in [0.25, 0.3) is 5.69 Å². The van der Waals surface area contributed by atoms with E-state index in [1.807, 2.05) is 0 Å². The second-order valence-corrected chi connectivity index (χ2v) is 4.16. The molecule has 0 aliphatic carbocycles. The minimum atomic E-state index is -0.395. The highest BCUT2D eigenvalue weighted by atomic mass is 16.6. The molecule has 1 aliphatic rings. The van der Waals surface area contributed by atoms with Gasteiger partial charge >= 0.3 is 0 Å². The number of nitro benzene ring substituents is 1. The predicted octanol–water partition coefficient (Wildman–Crippen LogP) is 2.38. The highest BCUT2D eigenvalue weighted by molar-refractivity contribution is 5.33. The molecule has 0 saturated carbocycles. The van der Waals surface area contributed by atoms with Crippen LogP contribution in [-0.4, -0.2) is 17.6 Å². The number of hydrogen-bond donors (Lipinski definition) is 1. The van der Waals surface area contributed by atoms with Crippen molar-refractivity contribution < 1.29 is 9.66 Å². The number of rotatable bonds is 3. The quantitative estimate of drug-likeness (QED) is 0.646. The van der Waals surface area contributed by atoms with E-state index in [-0.39, 0.29) is 11.9 Å². The fraction of sp³-hybridized carbons (Fsp3) is 0.500. The van der Waals surface area contributed by atoms with Gasteiger partial charge < -0.3 is 4.74 Å². The molecule has 92 valence electrons. The molecule has 1 aromatic carbocycles. The lowest BCUT2D eigenvalue weighted by atomic mass is 10.1. The minimum Gasteiger partial charge on any atom is -0.359 e. The van der Waals surface area contributed by atoms with Gasteiger partial charge in [-0.2, -0.15) is 0 Å². The summed E-state index contributed by atoms with van der Waals surface area (Å²) in [6, 6.07) is 6.97. The molecule has 1 saturated heterocycles. The van der Waals surface area contributed by atoms with Gasteiger partial charge in [0.1, 0.15) is 6.23 Å². The van der Waals surface area contributed by atoms with Crippen LogP contribution in [0.1, 0.15) is 31.6 Å². The second-order valence-electron chi connectivity index (χ2n) is 4.16. The summed E-state index contributed by atoms with van der Waals surface area (Å²) >= 11 is 0. The smallest absolute Gasteiger partial charge is 0.269 e. The van der Waals surface area contributed by atoms with E-state index >= 15 is 0 Å².